The summed E-state index contributed by atoms with van der Waals surface area (Å²) in [6.07, 6.45) is -0.618. The number of ketones is 1. The van der Waals surface area contributed by atoms with Crippen LogP contribution in [0.25, 0.3) is 0 Å². The fourth-order valence-corrected chi connectivity index (χ4v) is 4.02. The number of benzene rings is 3. The monoisotopic (exact) mass is 436 g/mol. The molecule has 4 rings (SSSR count). The van der Waals surface area contributed by atoms with Crippen molar-refractivity contribution in [2.45, 2.75) is 18.6 Å². The third kappa shape index (κ3) is 3.58. The topological polar surface area (TPSA) is 101 Å². The summed E-state index contributed by atoms with van der Waals surface area (Å²) < 4.78 is 0. The summed E-state index contributed by atoms with van der Waals surface area (Å²) in [6.45, 7) is 0.109. The quantitative estimate of drug-likeness (QED) is 0.353. The molecule has 0 saturated heterocycles. The Morgan fingerprint density at radius 1 is 1.03 bits per heavy atom. The van der Waals surface area contributed by atoms with Crippen LogP contribution < -0.4 is 4.90 Å². The molecule has 3 aromatic carbocycles. The van der Waals surface area contributed by atoms with Gasteiger partial charge in [-0.15, -0.1) is 0 Å². The molecule has 1 N–H and O–H groups in total. The van der Waals surface area contributed by atoms with E-state index in [4.69, 9.17) is 11.6 Å². The van der Waals surface area contributed by atoms with Gasteiger partial charge in [-0.2, -0.15) is 0 Å². The number of nitrogens with zero attached hydrogens (tertiary/aromatic N) is 2. The molecule has 1 aliphatic heterocycles. The molecule has 0 fully saturated rings. The van der Waals surface area contributed by atoms with Gasteiger partial charge in [0.05, 0.1) is 29.1 Å². The van der Waals surface area contributed by atoms with E-state index in [1.165, 1.54) is 29.2 Å². The second kappa shape index (κ2) is 7.94. The molecule has 0 spiro atoms. The molecule has 0 aromatic heterocycles. The Morgan fingerprint density at radius 2 is 1.68 bits per heavy atom. The molecular formula is C23H17ClN2O5. The third-order valence-corrected chi connectivity index (χ3v) is 5.71. The van der Waals surface area contributed by atoms with E-state index in [2.05, 4.69) is 0 Å². The number of Topliss-reactive ketones (excluding diaryl/α,β-unsaturated/α-hetero) is 1. The Morgan fingerprint density at radius 3 is 2.42 bits per heavy atom. The van der Waals surface area contributed by atoms with Crippen LogP contribution in [-0.4, -0.2) is 21.7 Å². The second-order valence-electron chi connectivity index (χ2n) is 7.23. The maximum absolute atomic E-state index is 13.3. The molecule has 3 aromatic rings. The minimum absolute atomic E-state index is 0.109. The smallest absolute Gasteiger partial charge is 0.280 e. The van der Waals surface area contributed by atoms with Gasteiger partial charge in [-0.05, 0) is 23.8 Å². The van der Waals surface area contributed by atoms with Crippen molar-refractivity contribution in [1.82, 2.24) is 0 Å². The van der Waals surface area contributed by atoms with E-state index in [-0.39, 0.29) is 23.4 Å². The molecule has 1 atom stereocenters. The molecule has 1 amide bonds. The number of nitro benzene ring substituents is 1. The SMILES string of the molecule is O=C(C[C@]1(O)C(=O)N(Cc2ccccc2Cl)c2ccccc21)c1ccccc1[N+](=O)[O-]. The number of fused-ring (bicyclic) bond motifs is 1. The number of hydrogen-bond donors (Lipinski definition) is 1. The summed E-state index contributed by atoms with van der Waals surface area (Å²) in [4.78, 5) is 38.3. The Bertz CT molecular complexity index is 1210. The highest BCUT2D eigenvalue weighted by atomic mass is 35.5. The van der Waals surface area contributed by atoms with E-state index in [1.54, 1.807) is 48.5 Å². The van der Waals surface area contributed by atoms with Crippen LogP contribution in [0, 0.1) is 10.1 Å². The first-order valence-electron chi connectivity index (χ1n) is 9.47. The van der Waals surface area contributed by atoms with Crippen LogP contribution in [0.3, 0.4) is 0 Å². The lowest BCUT2D eigenvalue weighted by Gasteiger charge is -2.23. The summed E-state index contributed by atoms with van der Waals surface area (Å²) in [5.41, 5.74) is -1.25. The minimum atomic E-state index is -2.14. The van der Waals surface area contributed by atoms with Crippen LogP contribution >= 0.6 is 11.6 Å². The highest BCUT2D eigenvalue weighted by molar-refractivity contribution is 6.31. The van der Waals surface area contributed by atoms with E-state index in [1.807, 2.05) is 0 Å². The van der Waals surface area contributed by atoms with Gasteiger partial charge in [0.15, 0.2) is 11.4 Å². The number of carbonyl (C=O) groups is 2. The molecule has 8 heteroatoms. The highest BCUT2D eigenvalue weighted by Crippen LogP contribution is 2.44. The average Bonchev–Trinajstić information content (AvgIpc) is 2.97. The van der Waals surface area contributed by atoms with Crippen molar-refractivity contribution in [3.8, 4) is 0 Å². The summed E-state index contributed by atoms with van der Waals surface area (Å²) >= 11 is 6.24. The molecule has 0 aliphatic carbocycles. The zero-order valence-corrected chi connectivity index (χ0v) is 17.0. The molecule has 0 radical (unpaired) electrons. The standard InChI is InChI=1S/C23H17ClN2O5/c24-18-10-4-1-7-15(18)14-25-20-12-6-3-9-17(20)23(29,22(25)28)13-21(27)16-8-2-5-11-19(16)26(30)31/h1-12,29H,13-14H2/t23-/m1/s1. The van der Waals surface area contributed by atoms with Crippen LogP contribution in [0.4, 0.5) is 11.4 Å². The molecule has 0 bridgehead atoms. The van der Waals surface area contributed by atoms with Crippen molar-refractivity contribution < 1.29 is 19.6 Å². The van der Waals surface area contributed by atoms with Gasteiger partial charge in [0, 0.05) is 16.7 Å². The number of rotatable bonds is 6. The van der Waals surface area contributed by atoms with Gasteiger partial charge in [0.2, 0.25) is 0 Å². The first kappa shape index (κ1) is 20.7. The fourth-order valence-electron chi connectivity index (χ4n) is 3.83. The van der Waals surface area contributed by atoms with Crippen molar-refractivity contribution in [3.05, 3.63) is 105 Å². The maximum Gasteiger partial charge on any atom is 0.280 e. The van der Waals surface area contributed by atoms with Gasteiger partial charge in [0.1, 0.15) is 0 Å². The molecule has 1 aliphatic rings. The summed E-state index contributed by atoms with van der Waals surface area (Å²) in [5, 5.41) is 23.1. The van der Waals surface area contributed by atoms with E-state index >= 15 is 0 Å². The lowest BCUT2D eigenvalue weighted by molar-refractivity contribution is -0.385. The zero-order chi connectivity index (χ0) is 22.2. The number of aliphatic hydroxyl groups is 1. The highest BCUT2D eigenvalue weighted by Gasteiger charge is 2.51. The van der Waals surface area contributed by atoms with Gasteiger partial charge < -0.3 is 10.0 Å². The first-order valence-corrected chi connectivity index (χ1v) is 9.84. The molecule has 156 valence electrons. The molecule has 1 heterocycles. The molecule has 31 heavy (non-hydrogen) atoms. The van der Waals surface area contributed by atoms with E-state index in [0.29, 0.717) is 16.3 Å². The van der Waals surface area contributed by atoms with Crippen LogP contribution in [0.2, 0.25) is 5.02 Å². The Kier molecular flexibility index (Phi) is 5.31. The largest absolute Gasteiger partial charge is 0.375 e. The minimum Gasteiger partial charge on any atom is -0.375 e. The Hall–Kier alpha value is -3.55. The van der Waals surface area contributed by atoms with Gasteiger partial charge in [0.25, 0.3) is 11.6 Å². The third-order valence-electron chi connectivity index (χ3n) is 5.34. The number of para-hydroxylation sites is 2. The Balaban J connectivity index is 1.71. The predicted octanol–water partition coefficient (Wildman–Crippen LogP) is 4.26. The van der Waals surface area contributed by atoms with Crippen LogP contribution in [0.1, 0.15) is 27.9 Å². The lowest BCUT2D eigenvalue weighted by atomic mass is 9.88. The van der Waals surface area contributed by atoms with Crippen molar-refractivity contribution >= 4 is 34.7 Å². The number of amides is 1. The molecule has 0 saturated carbocycles. The number of carbonyl (C=O) groups excluding carboxylic acids is 2. The molecular weight excluding hydrogens is 420 g/mol. The number of halogens is 1. The van der Waals surface area contributed by atoms with Crippen LogP contribution in [0.15, 0.2) is 72.8 Å². The van der Waals surface area contributed by atoms with Gasteiger partial charge >= 0.3 is 0 Å². The first-order chi connectivity index (χ1) is 14.8. The number of nitro groups is 1. The number of anilines is 1. The van der Waals surface area contributed by atoms with Gasteiger partial charge in [-0.3, -0.25) is 19.7 Å². The average molecular weight is 437 g/mol. The molecule has 7 nitrogen and oxygen atoms in total. The zero-order valence-electron chi connectivity index (χ0n) is 16.2. The molecule has 0 unspecified atom stereocenters. The maximum atomic E-state index is 13.3. The van der Waals surface area contributed by atoms with E-state index in [0.717, 1.165) is 0 Å². The summed E-state index contributed by atoms with van der Waals surface area (Å²) in [7, 11) is 0. The lowest BCUT2D eigenvalue weighted by Crippen LogP contribution is -2.41. The van der Waals surface area contributed by atoms with Crippen LogP contribution in [0.5, 0.6) is 0 Å². The second-order valence-corrected chi connectivity index (χ2v) is 7.64. The van der Waals surface area contributed by atoms with Crippen LogP contribution in [-0.2, 0) is 16.9 Å². The summed E-state index contributed by atoms with van der Waals surface area (Å²) in [5.74, 6) is -1.38. The fraction of sp³-hybridized carbons (Fsp3) is 0.130. The van der Waals surface area contributed by atoms with Crippen molar-refractivity contribution in [1.29, 1.82) is 0 Å². The van der Waals surface area contributed by atoms with E-state index in [9.17, 15) is 24.8 Å². The Labute approximate surface area is 182 Å². The van der Waals surface area contributed by atoms with Crippen molar-refractivity contribution in [2.24, 2.45) is 0 Å². The van der Waals surface area contributed by atoms with Gasteiger partial charge in [-0.1, -0.05) is 60.1 Å². The van der Waals surface area contributed by atoms with E-state index < -0.39 is 28.6 Å². The predicted molar refractivity (Wildman–Crippen MR) is 115 cm³/mol. The van der Waals surface area contributed by atoms with Gasteiger partial charge in [-0.25, -0.2) is 0 Å². The van der Waals surface area contributed by atoms with Crippen molar-refractivity contribution in [3.63, 3.8) is 0 Å². The normalized spacial score (nSPS) is 17.5. The summed E-state index contributed by atoms with van der Waals surface area (Å²) in [6, 6.07) is 19.1. The number of hydrogen-bond acceptors (Lipinski definition) is 5. The van der Waals surface area contributed by atoms with Crippen molar-refractivity contribution in [2.75, 3.05) is 4.90 Å².